The average molecular weight is 331 g/mol. The molecule has 0 aromatic heterocycles. The molecule has 0 saturated carbocycles. The molecule has 0 fully saturated rings. The fourth-order valence-corrected chi connectivity index (χ4v) is 1.74. The van der Waals surface area contributed by atoms with E-state index in [9.17, 15) is 19.7 Å². The second kappa shape index (κ2) is 7.73. The van der Waals surface area contributed by atoms with Gasteiger partial charge in [0.2, 0.25) is 0 Å². The Kier molecular flexibility index (Phi) is 5.45. The van der Waals surface area contributed by atoms with E-state index in [1.807, 2.05) is 0 Å². The molecular weight excluding hydrogens is 318 g/mol. The summed E-state index contributed by atoms with van der Waals surface area (Å²) in [6, 6.07) is 11.1. The first-order chi connectivity index (χ1) is 11.5. The summed E-state index contributed by atoms with van der Waals surface area (Å²) in [5, 5.41) is 10.5. The van der Waals surface area contributed by atoms with Gasteiger partial charge in [-0.3, -0.25) is 10.1 Å². The maximum absolute atomic E-state index is 11.7. The Morgan fingerprint density at radius 1 is 1.00 bits per heavy atom. The molecule has 8 nitrogen and oxygen atoms in total. The highest BCUT2D eigenvalue weighted by atomic mass is 16.6. The zero-order chi connectivity index (χ0) is 17.5. The SMILES string of the molecule is COC(=O)c1ccc(OC(=O)COc2ccc([N+](=O)[O-])cc2)cc1. The lowest BCUT2D eigenvalue weighted by Gasteiger charge is -2.07. The summed E-state index contributed by atoms with van der Waals surface area (Å²) >= 11 is 0. The average Bonchev–Trinajstić information content (AvgIpc) is 2.60. The van der Waals surface area contributed by atoms with Crippen molar-refractivity contribution in [3.05, 3.63) is 64.2 Å². The van der Waals surface area contributed by atoms with E-state index in [2.05, 4.69) is 4.74 Å². The molecular formula is C16H13NO7. The van der Waals surface area contributed by atoms with E-state index in [0.717, 1.165) is 0 Å². The third-order valence-electron chi connectivity index (χ3n) is 2.91. The summed E-state index contributed by atoms with van der Waals surface area (Å²) in [5.74, 6) is -0.591. The van der Waals surface area contributed by atoms with Crippen molar-refractivity contribution in [2.45, 2.75) is 0 Å². The van der Waals surface area contributed by atoms with Crippen molar-refractivity contribution in [3.8, 4) is 11.5 Å². The fourth-order valence-electron chi connectivity index (χ4n) is 1.74. The van der Waals surface area contributed by atoms with Gasteiger partial charge in [-0.25, -0.2) is 9.59 Å². The van der Waals surface area contributed by atoms with E-state index in [-0.39, 0.29) is 18.0 Å². The molecule has 0 unspecified atom stereocenters. The first-order valence-corrected chi connectivity index (χ1v) is 6.76. The Hall–Kier alpha value is -3.42. The number of nitrogens with zero attached hydrogens (tertiary/aromatic N) is 1. The number of carbonyl (C=O) groups excluding carboxylic acids is 2. The van der Waals surface area contributed by atoms with Gasteiger partial charge in [0.05, 0.1) is 17.6 Å². The van der Waals surface area contributed by atoms with E-state index in [1.165, 1.54) is 55.6 Å². The summed E-state index contributed by atoms with van der Waals surface area (Å²) in [6.07, 6.45) is 0. The molecule has 2 aromatic rings. The minimum absolute atomic E-state index is 0.0735. The monoisotopic (exact) mass is 331 g/mol. The first kappa shape index (κ1) is 16.9. The summed E-state index contributed by atoms with van der Waals surface area (Å²) in [4.78, 5) is 33.0. The molecule has 2 rings (SSSR count). The molecule has 0 aliphatic rings. The number of carbonyl (C=O) groups is 2. The molecule has 0 spiro atoms. The number of nitro groups is 1. The van der Waals surface area contributed by atoms with Crippen molar-refractivity contribution in [2.75, 3.05) is 13.7 Å². The van der Waals surface area contributed by atoms with Crippen LogP contribution in [0.3, 0.4) is 0 Å². The van der Waals surface area contributed by atoms with Crippen LogP contribution in [0.4, 0.5) is 5.69 Å². The lowest BCUT2D eigenvalue weighted by molar-refractivity contribution is -0.384. The van der Waals surface area contributed by atoms with E-state index in [1.54, 1.807) is 0 Å². The lowest BCUT2D eigenvalue weighted by atomic mass is 10.2. The van der Waals surface area contributed by atoms with Gasteiger partial charge in [-0.05, 0) is 36.4 Å². The molecule has 0 radical (unpaired) electrons. The normalized spacial score (nSPS) is 9.88. The smallest absolute Gasteiger partial charge is 0.349 e. The number of rotatable bonds is 6. The Labute approximate surface area is 136 Å². The van der Waals surface area contributed by atoms with Gasteiger partial charge in [0.15, 0.2) is 6.61 Å². The van der Waals surface area contributed by atoms with Crippen LogP contribution in [0.15, 0.2) is 48.5 Å². The lowest BCUT2D eigenvalue weighted by Crippen LogP contribution is -2.17. The van der Waals surface area contributed by atoms with Crippen molar-refractivity contribution in [3.63, 3.8) is 0 Å². The van der Waals surface area contributed by atoms with Crippen molar-refractivity contribution in [2.24, 2.45) is 0 Å². The quantitative estimate of drug-likeness (QED) is 0.346. The highest BCUT2D eigenvalue weighted by Gasteiger charge is 2.10. The highest BCUT2D eigenvalue weighted by molar-refractivity contribution is 5.89. The number of hydrogen-bond acceptors (Lipinski definition) is 7. The first-order valence-electron chi connectivity index (χ1n) is 6.76. The number of benzene rings is 2. The molecule has 0 N–H and O–H groups in total. The molecule has 0 atom stereocenters. The van der Waals surface area contributed by atoms with Gasteiger partial charge in [-0.2, -0.15) is 0 Å². The molecule has 8 heteroatoms. The maximum Gasteiger partial charge on any atom is 0.349 e. The van der Waals surface area contributed by atoms with Crippen LogP contribution in [0, 0.1) is 10.1 Å². The van der Waals surface area contributed by atoms with Crippen molar-refractivity contribution in [1.29, 1.82) is 0 Å². The number of methoxy groups -OCH3 is 1. The highest BCUT2D eigenvalue weighted by Crippen LogP contribution is 2.17. The van der Waals surface area contributed by atoms with Crippen LogP contribution in [0.25, 0.3) is 0 Å². The third-order valence-corrected chi connectivity index (χ3v) is 2.91. The van der Waals surface area contributed by atoms with Gasteiger partial charge in [0.25, 0.3) is 5.69 Å². The largest absolute Gasteiger partial charge is 0.482 e. The molecule has 0 heterocycles. The number of nitro benzene ring substituents is 1. The van der Waals surface area contributed by atoms with Crippen LogP contribution >= 0.6 is 0 Å². The summed E-state index contributed by atoms with van der Waals surface area (Å²) in [5.41, 5.74) is 0.259. The fraction of sp³-hybridized carbons (Fsp3) is 0.125. The molecule has 24 heavy (non-hydrogen) atoms. The van der Waals surface area contributed by atoms with Crippen LogP contribution in [-0.4, -0.2) is 30.6 Å². The minimum Gasteiger partial charge on any atom is -0.482 e. The molecule has 0 aliphatic heterocycles. The Morgan fingerprint density at radius 3 is 2.12 bits per heavy atom. The van der Waals surface area contributed by atoms with Crippen LogP contribution < -0.4 is 9.47 Å². The Bertz CT molecular complexity index is 738. The topological polar surface area (TPSA) is 105 Å². The van der Waals surface area contributed by atoms with Gasteiger partial charge in [-0.15, -0.1) is 0 Å². The number of esters is 2. The van der Waals surface area contributed by atoms with Crippen LogP contribution in [0.2, 0.25) is 0 Å². The molecule has 2 aromatic carbocycles. The van der Waals surface area contributed by atoms with Crippen molar-refractivity contribution < 1.29 is 28.7 Å². The summed E-state index contributed by atoms with van der Waals surface area (Å²) in [6.45, 7) is -0.365. The van der Waals surface area contributed by atoms with Gasteiger partial charge >= 0.3 is 11.9 Å². The van der Waals surface area contributed by atoms with Gasteiger partial charge in [-0.1, -0.05) is 0 Å². The van der Waals surface area contributed by atoms with E-state index in [0.29, 0.717) is 11.3 Å². The zero-order valence-corrected chi connectivity index (χ0v) is 12.6. The summed E-state index contributed by atoms with van der Waals surface area (Å²) < 4.78 is 14.8. The molecule has 124 valence electrons. The van der Waals surface area contributed by atoms with Crippen molar-refractivity contribution >= 4 is 17.6 Å². The van der Waals surface area contributed by atoms with Gasteiger partial charge in [0.1, 0.15) is 11.5 Å². The van der Waals surface area contributed by atoms with Crippen LogP contribution in [0.5, 0.6) is 11.5 Å². The van der Waals surface area contributed by atoms with Crippen molar-refractivity contribution in [1.82, 2.24) is 0 Å². The molecule has 0 amide bonds. The second-order valence-electron chi connectivity index (χ2n) is 4.53. The predicted molar refractivity (Wildman–Crippen MR) is 82.0 cm³/mol. The molecule has 0 aliphatic carbocycles. The van der Waals surface area contributed by atoms with Crippen LogP contribution in [-0.2, 0) is 9.53 Å². The van der Waals surface area contributed by atoms with Gasteiger partial charge in [0, 0.05) is 12.1 Å². The van der Waals surface area contributed by atoms with E-state index >= 15 is 0 Å². The maximum atomic E-state index is 11.7. The van der Waals surface area contributed by atoms with E-state index < -0.39 is 16.9 Å². The second-order valence-corrected chi connectivity index (χ2v) is 4.53. The minimum atomic E-state index is -0.654. The Balaban J connectivity index is 1.86. The van der Waals surface area contributed by atoms with Gasteiger partial charge < -0.3 is 14.2 Å². The standard InChI is InChI=1S/C16H13NO7/c1-22-16(19)11-2-6-14(7-3-11)24-15(18)10-23-13-8-4-12(5-9-13)17(20)21/h2-9H,10H2,1H3. The number of non-ortho nitro benzene ring substituents is 1. The zero-order valence-electron chi connectivity index (χ0n) is 12.6. The van der Waals surface area contributed by atoms with E-state index in [4.69, 9.17) is 9.47 Å². The molecule has 0 bridgehead atoms. The predicted octanol–water partition coefficient (Wildman–Crippen LogP) is 2.37. The Morgan fingerprint density at radius 2 is 1.58 bits per heavy atom. The number of hydrogen-bond donors (Lipinski definition) is 0. The summed E-state index contributed by atoms with van der Waals surface area (Å²) in [7, 11) is 1.27. The molecule has 0 saturated heterocycles. The van der Waals surface area contributed by atoms with Crippen LogP contribution in [0.1, 0.15) is 10.4 Å². The third kappa shape index (κ3) is 4.54. The number of ether oxygens (including phenoxy) is 3.